The molecule has 2 aromatic heterocycles. The molecule has 44 heavy (non-hydrogen) atoms. The molecule has 4 aromatic rings. The number of aromatic nitrogens is 2. The van der Waals surface area contributed by atoms with Gasteiger partial charge in [0.25, 0.3) is 5.91 Å². The number of halogens is 6. The summed E-state index contributed by atoms with van der Waals surface area (Å²) in [7, 11) is 1.33. The lowest BCUT2D eigenvalue weighted by atomic mass is 9.83. The molecule has 1 aliphatic rings. The second-order valence-corrected chi connectivity index (χ2v) is 10.3. The van der Waals surface area contributed by atoms with Crippen LogP contribution >= 0.6 is 0 Å². The normalized spacial score (nSPS) is 17.7. The van der Waals surface area contributed by atoms with Gasteiger partial charge in [-0.1, -0.05) is 18.2 Å². The van der Waals surface area contributed by atoms with Crippen molar-refractivity contribution in [1.29, 1.82) is 5.26 Å². The summed E-state index contributed by atoms with van der Waals surface area (Å²) in [6.07, 6.45) is -8.59. The quantitative estimate of drug-likeness (QED) is 0.268. The van der Waals surface area contributed by atoms with Gasteiger partial charge in [0.05, 0.1) is 31.0 Å². The van der Waals surface area contributed by atoms with Crippen molar-refractivity contribution in [2.45, 2.75) is 30.3 Å². The third-order valence-corrected chi connectivity index (χ3v) is 7.35. The Labute approximate surface area is 245 Å². The number of hydrogen-bond donors (Lipinski definition) is 2. The minimum atomic E-state index is -5.41. The number of rotatable bonds is 6. The molecule has 2 aromatic carbocycles. The first-order valence-electron chi connectivity index (χ1n) is 12.9. The Balaban J connectivity index is 1.58. The Morgan fingerprint density at radius 1 is 1.14 bits per heavy atom. The first kappa shape index (κ1) is 30.6. The maximum absolute atomic E-state index is 14.6. The monoisotopic (exact) mass is 616 g/mol. The Bertz CT molecular complexity index is 1800. The second-order valence-electron chi connectivity index (χ2n) is 10.3. The third-order valence-electron chi connectivity index (χ3n) is 7.35. The first-order chi connectivity index (χ1) is 20.6. The summed E-state index contributed by atoms with van der Waals surface area (Å²) >= 11 is 0. The molecule has 0 unspecified atom stereocenters. The van der Waals surface area contributed by atoms with Gasteiger partial charge in [-0.2, -0.15) is 31.6 Å². The van der Waals surface area contributed by atoms with E-state index in [9.17, 15) is 41.5 Å². The predicted octanol–water partition coefficient (Wildman–Crippen LogP) is 5.68. The molecule has 0 saturated carbocycles. The number of nitrogens with zero attached hydrogens (tertiary/aromatic N) is 3. The number of ether oxygens (including phenoxy) is 2. The molecule has 1 amide bonds. The van der Waals surface area contributed by atoms with Crippen molar-refractivity contribution in [3.8, 4) is 28.8 Å². The molecule has 1 aliphatic heterocycles. The maximum atomic E-state index is 14.6. The average molecular weight is 617 g/mol. The van der Waals surface area contributed by atoms with E-state index in [2.05, 4.69) is 15.3 Å². The minimum absolute atomic E-state index is 0.0521. The minimum Gasteiger partial charge on any atom is -0.494 e. The Morgan fingerprint density at radius 3 is 2.45 bits per heavy atom. The van der Waals surface area contributed by atoms with Gasteiger partial charge in [-0.05, 0) is 43.3 Å². The van der Waals surface area contributed by atoms with Gasteiger partial charge in [0, 0.05) is 28.3 Å². The number of aliphatic hydroxyl groups is 1. The van der Waals surface area contributed by atoms with Crippen molar-refractivity contribution >= 4 is 16.8 Å². The summed E-state index contributed by atoms with van der Waals surface area (Å²) in [5.74, 6) is -0.898. The van der Waals surface area contributed by atoms with E-state index in [4.69, 9.17) is 9.47 Å². The van der Waals surface area contributed by atoms with E-state index in [1.54, 1.807) is 12.1 Å². The van der Waals surface area contributed by atoms with Gasteiger partial charge in [0.2, 0.25) is 5.60 Å². The van der Waals surface area contributed by atoms with Gasteiger partial charge in [0.15, 0.2) is 5.75 Å². The molecule has 0 fully saturated rings. The molecule has 5 rings (SSSR count). The molecule has 8 nitrogen and oxygen atoms in total. The van der Waals surface area contributed by atoms with Crippen molar-refractivity contribution in [2.75, 3.05) is 20.3 Å². The van der Waals surface area contributed by atoms with E-state index in [1.165, 1.54) is 32.4 Å². The van der Waals surface area contributed by atoms with Crippen LogP contribution < -0.4 is 14.8 Å². The van der Waals surface area contributed by atoms with Crippen molar-refractivity contribution in [3.63, 3.8) is 0 Å². The zero-order valence-corrected chi connectivity index (χ0v) is 23.0. The number of methoxy groups -OCH3 is 1. The van der Waals surface area contributed by atoms with Crippen LogP contribution in [0.25, 0.3) is 22.2 Å². The number of fused-ring (bicyclic) bond motifs is 2. The van der Waals surface area contributed by atoms with Crippen molar-refractivity contribution in [1.82, 2.24) is 15.3 Å². The molecule has 0 bridgehead atoms. The molecule has 0 saturated heterocycles. The van der Waals surface area contributed by atoms with Gasteiger partial charge >= 0.3 is 12.4 Å². The van der Waals surface area contributed by atoms with Crippen LogP contribution in [0.15, 0.2) is 60.8 Å². The molecule has 3 heterocycles. The SMILES string of the molecule is COc1cc(C(=O)NC[C@](O)(c2cc3c(c(-c4ccc(C(F)(F)F)cc4)n2)OC[C@]3(C)C#N)C(F)(F)F)cc2cccnc12. The van der Waals surface area contributed by atoms with Gasteiger partial charge in [-0.15, -0.1) is 0 Å². The molecular formula is C30H22F6N4O4. The molecule has 2 atom stereocenters. The third kappa shape index (κ3) is 5.24. The number of pyridine rings is 2. The first-order valence-corrected chi connectivity index (χ1v) is 12.9. The fourth-order valence-electron chi connectivity index (χ4n) is 4.79. The Morgan fingerprint density at radius 2 is 1.84 bits per heavy atom. The Kier molecular flexibility index (Phi) is 7.41. The van der Waals surface area contributed by atoms with E-state index in [-0.39, 0.29) is 40.5 Å². The standard InChI is InChI=1S/C30H22F6N4O4/c1-27(13-37)15-44-25-20(27)12-22(40-24(25)16-5-7-19(8-6-16)29(31,32)33)28(42,30(34,35)36)14-39-26(41)18-10-17-4-3-9-38-23(17)21(11-18)43-2/h3-12,42H,14-15H2,1-2H3,(H,39,41)/t27-,28-/m0/s1. The summed E-state index contributed by atoms with van der Waals surface area (Å²) in [6, 6.07) is 12.2. The topological polar surface area (TPSA) is 117 Å². The van der Waals surface area contributed by atoms with Gasteiger partial charge in [0.1, 0.15) is 29.0 Å². The number of carbonyl (C=O) groups is 1. The van der Waals surface area contributed by atoms with Crippen LogP contribution in [0.1, 0.15) is 34.1 Å². The summed E-state index contributed by atoms with van der Waals surface area (Å²) in [5.41, 5.74) is -7.35. The highest BCUT2D eigenvalue weighted by Gasteiger charge is 2.57. The number of nitriles is 1. The highest BCUT2D eigenvalue weighted by atomic mass is 19.4. The van der Waals surface area contributed by atoms with Crippen LogP contribution in [0.5, 0.6) is 11.5 Å². The molecule has 0 spiro atoms. The van der Waals surface area contributed by atoms with Gasteiger partial charge < -0.3 is 19.9 Å². The lowest BCUT2D eigenvalue weighted by Crippen LogP contribution is -2.51. The van der Waals surface area contributed by atoms with Crippen LogP contribution in [-0.4, -0.2) is 47.4 Å². The van der Waals surface area contributed by atoms with Crippen LogP contribution in [0.4, 0.5) is 26.3 Å². The zero-order chi connectivity index (χ0) is 32.1. The second kappa shape index (κ2) is 10.7. The number of hydrogen-bond acceptors (Lipinski definition) is 7. The molecule has 14 heteroatoms. The van der Waals surface area contributed by atoms with Crippen LogP contribution in [0.2, 0.25) is 0 Å². The number of nitrogens with one attached hydrogen (secondary N) is 1. The van der Waals surface area contributed by atoms with Crippen LogP contribution in [0, 0.1) is 11.3 Å². The maximum Gasteiger partial charge on any atom is 0.424 e. The van der Waals surface area contributed by atoms with E-state index in [1.807, 2.05) is 6.07 Å². The summed E-state index contributed by atoms with van der Waals surface area (Å²) < 4.78 is 94.2. The van der Waals surface area contributed by atoms with Crippen molar-refractivity contribution in [3.05, 3.63) is 83.2 Å². The van der Waals surface area contributed by atoms with Crippen LogP contribution in [0.3, 0.4) is 0 Å². The number of benzene rings is 2. The van der Waals surface area contributed by atoms with Crippen molar-refractivity contribution in [2.24, 2.45) is 0 Å². The van der Waals surface area contributed by atoms with Gasteiger partial charge in [-0.3, -0.25) is 9.78 Å². The van der Waals surface area contributed by atoms with E-state index in [0.29, 0.717) is 10.9 Å². The summed E-state index contributed by atoms with van der Waals surface area (Å²) in [5, 5.41) is 23.5. The average Bonchev–Trinajstić information content (AvgIpc) is 3.34. The molecule has 0 radical (unpaired) electrons. The Hall–Kier alpha value is -4.90. The van der Waals surface area contributed by atoms with E-state index < -0.39 is 47.1 Å². The highest BCUT2D eigenvalue weighted by Crippen LogP contribution is 2.48. The zero-order valence-electron chi connectivity index (χ0n) is 23.0. The molecule has 0 aliphatic carbocycles. The fraction of sp³-hybridized carbons (Fsp3) is 0.267. The summed E-state index contributed by atoms with van der Waals surface area (Å²) in [6.45, 7) is -0.280. The predicted molar refractivity (Wildman–Crippen MR) is 144 cm³/mol. The number of carbonyl (C=O) groups excluding carboxylic acids is 1. The van der Waals surface area contributed by atoms with Crippen LogP contribution in [-0.2, 0) is 17.2 Å². The van der Waals surface area contributed by atoms with Gasteiger partial charge in [-0.25, -0.2) is 4.98 Å². The largest absolute Gasteiger partial charge is 0.494 e. The highest BCUT2D eigenvalue weighted by molar-refractivity contribution is 5.99. The van der Waals surface area contributed by atoms with E-state index in [0.717, 1.165) is 30.3 Å². The molecule has 2 N–H and O–H groups in total. The number of amides is 1. The smallest absolute Gasteiger partial charge is 0.424 e. The lowest BCUT2D eigenvalue weighted by Gasteiger charge is -2.31. The molecular weight excluding hydrogens is 594 g/mol. The summed E-state index contributed by atoms with van der Waals surface area (Å²) in [4.78, 5) is 21.2. The molecule has 228 valence electrons. The van der Waals surface area contributed by atoms with E-state index >= 15 is 0 Å². The number of alkyl halides is 6. The lowest BCUT2D eigenvalue weighted by molar-refractivity contribution is -0.265. The fourth-order valence-corrected chi connectivity index (χ4v) is 4.79. The van der Waals surface area contributed by atoms with Crippen molar-refractivity contribution < 1.29 is 45.7 Å².